The van der Waals surface area contributed by atoms with Crippen LogP contribution in [0.25, 0.3) is 0 Å². The number of carbonyl (C=O) groups is 1. The Hall–Kier alpha value is -2.14. The van der Waals surface area contributed by atoms with Crippen molar-refractivity contribution in [1.82, 2.24) is 0 Å². The number of fused-ring (bicyclic) bond motifs is 1. The van der Waals surface area contributed by atoms with E-state index in [-0.39, 0.29) is 11.6 Å². The van der Waals surface area contributed by atoms with Gasteiger partial charge in [-0.2, -0.15) is 11.8 Å². The summed E-state index contributed by atoms with van der Waals surface area (Å²) in [5.74, 6) is 2.79. The smallest absolute Gasteiger partial charge is 0.262 e. The lowest BCUT2D eigenvalue weighted by Gasteiger charge is -2.46. The summed E-state index contributed by atoms with van der Waals surface area (Å²) in [6.07, 6.45) is 0.934. The van der Waals surface area contributed by atoms with Crippen molar-refractivity contribution in [3.05, 3.63) is 54.1 Å². The molecule has 23 heavy (non-hydrogen) atoms. The average Bonchev–Trinajstić information content (AvgIpc) is 3.04. The Morgan fingerprint density at radius 3 is 2.65 bits per heavy atom. The number of ether oxygens (including phenoxy) is 1. The Bertz CT molecular complexity index is 739. The van der Waals surface area contributed by atoms with Crippen molar-refractivity contribution in [1.29, 1.82) is 0 Å². The normalized spacial score (nSPS) is 22.8. The Balaban J connectivity index is 1.82. The molecule has 0 saturated carbocycles. The SMILES string of the molecule is COc1ccc(N2C(=O)c3ccccc3NC23CCSC3)cc1. The van der Waals surface area contributed by atoms with Crippen molar-refractivity contribution in [2.75, 3.05) is 28.8 Å². The van der Waals surface area contributed by atoms with Crippen LogP contribution in [0.4, 0.5) is 11.4 Å². The molecule has 2 aromatic carbocycles. The first kappa shape index (κ1) is 14.5. The van der Waals surface area contributed by atoms with Gasteiger partial charge in [0.15, 0.2) is 0 Å². The van der Waals surface area contributed by atoms with Crippen molar-refractivity contribution in [3.63, 3.8) is 0 Å². The molecule has 1 N–H and O–H groups in total. The van der Waals surface area contributed by atoms with Crippen LogP contribution in [-0.4, -0.2) is 30.2 Å². The highest BCUT2D eigenvalue weighted by molar-refractivity contribution is 7.99. The molecule has 1 spiro atoms. The molecule has 2 aliphatic heterocycles. The third-order valence-corrected chi connectivity index (χ3v) is 5.66. The summed E-state index contributed by atoms with van der Waals surface area (Å²) in [5, 5.41) is 3.63. The van der Waals surface area contributed by atoms with Crippen LogP contribution in [0.3, 0.4) is 0 Å². The number of hydrogen-bond donors (Lipinski definition) is 1. The highest BCUT2D eigenvalue weighted by Gasteiger charge is 2.47. The molecule has 0 bridgehead atoms. The van der Waals surface area contributed by atoms with Crippen molar-refractivity contribution in [2.45, 2.75) is 12.1 Å². The van der Waals surface area contributed by atoms with Crippen molar-refractivity contribution < 1.29 is 9.53 Å². The minimum absolute atomic E-state index is 0.0621. The molecule has 2 aromatic rings. The summed E-state index contributed by atoms with van der Waals surface area (Å²) in [4.78, 5) is 15.1. The van der Waals surface area contributed by atoms with Gasteiger partial charge in [-0.05, 0) is 48.6 Å². The van der Waals surface area contributed by atoms with Gasteiger partial charge in [0.2, 0.25) is 0 Å². The molecular weight excluding hydrogens is 308 g/mol. The van der Waals surface area contributed by atoms with E-state index in [0.29, 0.717) is 0 Å². The van der Waals surface area contributed by atoms with Crippen LogP contribution in [0.15, 0.2) is 48.5 Å². The first-order valence-corrected chi connectivity index (χ1v) is 8.83. The van der Waals surface area contributed by atoms with E-state index in [2.05, 4.69) is 5.32 Å². The lowest BCUT2D eigenvalue weighted by Crippen LogP contribution is -2.60. The second-order valence-electron chi connectivity index (χ2n) is 5.84. The van der Waals surface area contributed by atoms with Gasteiger partial charge in [-0.15, -0.1) is 0 Å². The van der Waals surface area contributed by atoms with Crippen LogP contribution in [0.1, 0.15) is 16.8 Å². The zero-order valence-corrected chi connectivity index (χ0v) is 13.7. The van der Waals surface area contributed by atoms with Gasteiger partial charge in [-0.3, -0.25) is 9.69 Å². The number of anilines is 2. The maximum absolute atomic E-state index is 13.2. The van der Waals surface area contributed by atoms with Gasteiger partial charge in [0, 0.05) is 17.1 Å². The van der Waals surface area contributed by atoms with E-state index in [0.717, 1.165) is 40.6 Å². The summed E-state index contributed by atoms with van der Waals surface area (Å²) < 4.78 is 5.23. The van der Waals surface area contributed by atoms with Gasteiger partial charge in [0.05, 0.1) is 12.7 Å². The van der Waals surface area contributed by atoms with Gasteiger partial charge in [-0.1, -0.05) is 12.1 Å². The number of methoxy groups -OCH3 is 1. The lowest BCUT2D eigenvalue weighted by atomic mass is 9.97. The van der Waals surface area contributed by atoms with E-state index in [1.54, 1.807) is 7.11 Å². The topological polar surface area (TPSA) is 41.6 Å². The molecular formula is C18H18N2O2S. The third-order valence-electron chi connectivity index (χ3n) is 4.49. The van der Waals surface area contributed by atoms with Gasteiger partial charge < -0.3 is 10.1 Å². The average molecular weight is 326 g/mol. The number of carbonyl (C=O) groups excluding carboxylic acids is 1. The number of amides is 1. The van der Waals surface area contributed by atoms with Gasteiger partial charge in [0.1, 0.15) is 11.4 Å². The van der Waals surface area contributed by atoms with E-state index in [1.165, 1.54) is 0 Å². The maximum atomic E-state index is 13.2. The second kappa shape index (κ2) is 5.49. The molecule has 1 fully saturated rings. The lowest BCUT2D eigenvalue weighted by molar-refractivity contribution is 0.0959. The zero-order valence-electron chi connectivity index (χ0n) is 12.9. The molecule has 1 atom stereocenters. The third kappa shape index (κ3) is 2.27. The number of benzene rings is 2. The molecule has 1 amide bonds. The van der Waals surface area contributed by atoms with E-state index in [9.17, 15) is 4.79 Å². The van der Waals surface area contributed by atoms with Crippen LogP contribution in [-0.2, 0) is 0 Å². The monoisotopic (exact) mass is 326 g/mol. The molecule has 0 aliphatic carbocycles. The second-order valence-corrected chi connectivity index (χ2v) is 6.95. The highest BCUT2D eigenvalue weighted by atomic mass is 32.2. The fraction of sp³-hybridized carbons (Fsp3) is 0.278. The largest absolute Gasteiger partial charge is 0.497 e. The van der Waals surface area contributed by atoms with E-state index in [1.807, 2.05) is 65.2 Å². The number of rotatable bonds is 2. The first-order chi connectivity index (χ1) is 11.2. The van der Waals surface area contributed by atoms with Gasteiger partial charge in [-0.25, -0.2) is 0 Å². The molecule has 4 nitrogen and oxygen atoms in total. The van der Waals surface area contributed by atoms with E-state index in [4.69, 9.17) is 4.74 Å². The van der Waals surface area contributed by atoms with E-state index >= 15 is 0 Å². The number of para-hydroxylation sites is 1. The van der Waals surface area contributed by atoms with E-state index < -0.39 is 0 Å². The molecule has 2 heterocycles. The number of nitrogens with one attached hydrogen (secondary N) is 1. The molecule has 1 unspecified atom stereocenters. The minimum atomic E-state index is -0.343. The maximum Gasteiger partial charge on any atom is 0.262 e. The van der Waals surface area contributed by atoms with Crippen LogP contribution in [0.2, 0.25) is 0 Å². The molecule has 1 saturated heterocycles. The summed E-state index contributed by atoms with van der Waals surface area (Å²) >= 11 is 1.88. The minimum Gasteiger partial charge on any atom is -0.497 e. The van der Waals surface area contributed by atoms with Crippen LogP contribution >= 0.6 is 11.8 Å². The Kier molecular flexibility index (Phi) is 3.45. The molecule has 0 aromatic heterocycles. The zero-order chi connectivity index (χ0) is 15.9. The Morgan fingerprint density at radius 2 is 1.96 bits per heavy atom. The van der Waals surface area contributed by atoms with Crippen LogP contribution in [0.5, 0.6) is 5.75 Å². The summed E-state index contributed by atoms with van der Waals surface area (Å²) in [6.45, 7) is 0. The first-order valence-electron chi connectivity index (χ1n) is 7.67. The predicted molar refractivity (Wildman–Crippen MR) is 94.5 cm³/mol. The number of hydrogen-bond acceptors (Lipinski definition) is 4. The standard InChI is InChI=1S/C18H18N2O2S/c1-22-14-8-6-13(7-9-14)20-17(21)15-4-2-3-5-16(15)19-18(20)10-11-23-12-18/h2-9,19H,10-12H2,1H3. The molecule has 4 rings (SSSR count). The van der Waals surface area contributed by atoms with Crippen molar-refractivity contribution >= 4 is 29.0 Å². The molecule has 2 aliphatic rings. The fourth-order valence-corrected chi connectivity index (χ4v) is 4.63. The van der Waals surface area contributed by atoms with Crippen molar-refractivity contribution in [2.24, 2.45) is 0 Å². The van der Waals surface area contributed by atoms with Gasteiger partial charge >= 0.3 is 0 Å². The van der Waals surface area contributed by atoms with Crippen LogP contribution in [0, 0.1) is 0 Å². The Labute approximate surface area is 139 Å². The predicted octanol–water partition coefficient (Wildman–Crippen LogP) is 3.60. The highest BCUT2D eigenvalue weighted by Crippen LogP contribution is 2.42. The fourth-order valence-electron chi connectivity index (χ4n) is 3.32. The number of nitrogens with zero attached hydrogens (tertiary/aromatic N) is 1. The number of thioether (sulfide) groups is 1. The molecule has 5 heteroatoms. The molecule has 118 valence electrons. The summed E-state index contributed by atoms with van der Waals surface area (Å²) in [5.41, 5.74) is 2.22. The summed E-state index contributed by atoms with van der Waals surface area (Å²) in [7, 11) is 1.65. The summed E-state index contributed by atoms with van der Waals surface area (Å²) in [6, 6.07) is 15.5. The quantitative estimate of drug-likeness (QED) is 0.915. The van der Waals surface area contributed by atoms with Crippen molar-refractivity contribution in [3.8, 4) is 5.75 Å². The van der Waals surface area contributed by atoms with Crippen LogP contribution < -0.4 is 15.0 Å². The molecule has 0 radical (unpaired) electrons. The van der Waals surface area contributed by atoms with Gasteiger partial charge in [0.25, 0.3) is 5.91 Å². The Morgan fingerprint density at radius 1 is 1.17 bits per heavy atom.